The van der Waals surface area contributed by atoms with E-state index in [0.717, 1.165) is 18.4 Å². The molecule has 0 saturated heterocycles. The first-order valence-corrected chi connectivity index (χ1v) is 15.6. The van der Waals surface area contributed by atoms with Crippen molar-refractivity contribution in [1.82, 2.24) is 0 Å². The van der Waals surface area contributed by atoms with Gasteiger partial charge in [-0.25, -0.2) is 0 Å². The van der Waals surface area contributed by atoms with Crippen LogP contribution in [0.25, 0.3) is 27.8 Å². The van der Waals surface area contributed by atoms with E-state index in [4.69, 9.17) is 0 Å². The van der Waals surface area contributed by atoms with Crippen molar-refractivity contribution in [3.8, 4) is 22.3 Å². The van der Waals surface area contributed by atoms with Crippen LogP contribution >= 0.6 is 0 Å². The second kappa shape index (κ2) is 11.1. The van der Waals surface area contributed by atoms with Gasteiger partial charge in [0.1, 0.15) is 0 Å². The standard InChI is InChI=1S/C41H47N/c1-11-15-16-20-42(19-14-4)31-22-28(6)39-33-26-34-32(25-35(33)41(9,10)37(39)24-31)38-27(5)21-30(23-36(38)40(34,7)8)29(17-12-2)18-13-3/h12-14,16-17,19-26H,11,15H2,1-10H3/b17-12+,19-14+,20-16+. The number of unbranched alkanes of at least 4 members (excludes halogenated alkanes) is 1. The average molecular weight is 554 g/mol. The van der Waals surface area contributed by atoms with Gasteiger partial charge in [0.05, 0.1) is 0 Å². The van der Waals surface area contributed by atoms with E-state index < -0.39 is 0 Å². The minimum absolute atomic E-state index is 0.0923. The predicted octanol–water partition coefficient (Wildman–Crippen LogP) is 11.7. The van der Waals surface area contributed by atoms with Crippen molar-refractivity contribution < 1.29 is 0 Å². The largest absolute Gasteiger partial charge is 0.325 e. The van der Waals surface area contributed by atoms with Gasteiger partial charge in [0.25, 0.3) is 0 Å². The summed E-state index contributed by atoms with van der Waals surface area (Å²) < 4.78 is 0. The molecule has 5 rings (SSSR count). The van der Waals surface area contributed by atoms with Crippen LogP contribution in [0.5, 0.6) is 0 Å². The maximum absolute atomic E-state index is 3.46. The second-order valence-electron chi connectivity index (χ2n) is 13.0. The Morgan fingerprint density at radius 1 is 0.738 bits per heavy atom. The lowest BCUT2D eigenvalue weighted by atomic mass is 9.79. The van der Waals surface area contributed by atoms with Crippen molar-refractivity contribution in [3.63, 3.8) is 0 Å². The fourth-order valence-electron chi connectivity index (χ4n) is 7.19. The Labute approximate surface area is 254 Å². The normalized spacial score (nSPS) is 15.6. The molecule has 0 fully saturated rings. The van der Waals surface area contributed by atoms with Gasteiger partial charge in [0.2, 0.25) is 0 Å². The molecule has 3 aromatic carbocycles. The monoisotopic (exact) mass is 553 g/mol. The third kappa shape index (κ3) is 4.65. The molecule has 0 saturated carbocycles. The number of hydrogen-bond donors (Lipinski definition) is 0. The third-order valence-corrected chi connectivity index (χ3v) is 9.32. The summed E-state index contributed by atoms with van der Waals surface area (Å²) >= 11 is 0. The zero-order valence-electron chi connectivity index (χ0n) is 27.4. The van der Waals surface area contributed by atoms with E-state index in [2.05, 4.69) is 146 Å². The lowest BCUT2D eigenvalue weighted by Gasteiger charge is -2.25. The molecule has 0 aliphatic heterocycles. The van der Waals surface area contributed by atoms with Crippen LogP contribution in [0.3, 0.4) is 0 Å². The molecule has 0 atom stereocenters. The molecule has 0 spiro atoms. The second-order valence-corrected chi connectivity index (χ2v) is 13.0. The molecule has 2 aliphatic carbocycles. The van der Waals surface area contributed by atoms with E-state index in [1.54, 1.807) is 0 Å². The van der Waals surface area contributed by atoms with Crippen molar-refractivity contribution in [3.05, 3.63) is 124 Å². The highest BCUT2D eigenvalue weighted by molar-refractivity contribution is 5.93. The van der Waals surface area contributed by atoms with Crippen LogP contribution in [0.2, 0.25) is 0 Å². The van der Waals surface area contributed by atoms with E-state index in [1.807, 2.05) is 13.0 Å². The highest BCUT2D eigenvalue weighted by Crippen LogP contribution is 2.58. The van der Waals surface area contributed by atoms with Crippen LogP contribution in [0.4, 0.5) is 5.69 Å². The minimum atomic E-state index is -0.0936. The number of allylic oxidation sites excluding steroid dienone is 5. The third-order valence-electron chi connectivity index (χ3n) is 9.32. The van der Waals surface area contributed by atoms with E-state index in [0.29, 0.717) is 0 Å². The van der Waals surface area contributed by atoms with Gasteiger partial charge in [-0.3, -0.25) is 0 Å². The molecule has 0 aromatic heterocycles. The van der Waals surface area contributed by atoms with Gasteiger partial charge in [0, 0.05) is 34.5 Å². The summed E-state index contributed by atoms with van der Waals surface area (Å²) in [5, 5.41) is 0. The zero-order valence-corrected chi connectivity index (χ0v) is 27.4. The van der Waals surface area contributed by atoms with E-state index in [9.17, 15) is 0 Å². The molecule has 0 unspecified atom stereocenters. The van der Waals surface area contributed by atoms with Gasteiger partial charge in [-0.15, -0.1) is 5.73 Å². The van der Waals surface area contributed by atoms with Crippen LogP contribution in [0, 0.1) is 13.8 Å². The fraction of sp³-hybridized carbons (Fsp3) is 0.341. The molecule has 1 heteroatoms. The molecule has 0 N–H and O–H groups in total. The molecule has 2 aliphatic rings. The Morgan fingerprint density at radius 3 is 1.88 bits per heavy atom. The Balaban J connectivity index is 1.69. The van der Waals surface area contributed by atoms with Gasteiger partial charge in [0.15, 0.2) is 0 Å². The van der Waals surface area contributed by atoms with Crippen molar-refractivity contribution in [2.75, 3.05) is 4.90 Å². The number of aryl methyl sites for hydroxylation is 2. The smallest absolute Gasteiger partial charge is 0.0455 e. The molecular formula is C41H47N. The van der Waals surface area contributed by atoms with E-state index in [-0.39, 0.29) is 10.8 Å². The number of nitrogens with zero attached hydrogens (tertiary/aromatic N) is 1. The van der Waals surface area contributed by atoms with Crippen molar-refractivity contribution >= 4 is 11.3 Å². The lowest BCUT2D eigenvalue weighted by molar-refractivity contribution is 0.651. The lowest BCUT2D eigenvalue weighted by Crippen LogP contribution is -2.17. The highest BCUT2D eigenvalue weighted by Gasteiger charge is 2.43. The van der Waals surface area contributed by atoms with Crippen LogP contribution in [0.1, 0.15) is 107 Å². The van der Waals surface area contributed by atoms with Crippen molar-refractivity contribution in [2.45, 2.75) is 92.9 Å². The maximum Gasteiger partial charge on any atom is 0.0455 e. The SMILES string of the molecule is CC=C=C(/C=C/C)c1cc(C)c2c(c1)C(C)(C)c1cc3c(cc1-2)C(C)(C)c1cc(N(/C=C/C)/C=C/CCC)cc(C)c1-3. The summed E-state index contributed by atoms with van der Waals surface area (Å²) in [4.78, 5) is 2.27. The molecule has 0 bridgehead atoms. The van der Waals surface area contributed by atoms with Gasteiger partial charge in [-0.05, 0) is 139 Å². The zero-order chi connectivity index (χ0) is 30.4. The predicted molar refractivity (Wildman–Crippen MR) is 184 cm³/mol. The van der Waals surface area contributed by atoms with Crippen molar-refractivity contribution in [2.24, 2.45) is 0 Å². The Bertz CT molecular complexity index is 1710. The van der Waals surface area contributed by atoms with Crippen LogP contribution in [-0.4, -0.2) is 0 Å². The Kier molecular flexibility index (Phi) is 7.86. The maximum atomic E-state index is 3.46. The first-order chi connectivity index (χ1) is 20.0. The summed E-state index contributed by atoms with van der Waals surface area (Å²) in [5.41, 5.74) is 20.9. The quantitative estimate of drug-likeness (QED) is 0.208. The van der Waals surface area contributed by atoms with E-state index in [1.165, 1.54) is 66.9 Å². The summed E-state index contributed by atoms with van der Waals surface area (Å²) in [6, 6.07) is 14.6. The first-order valence-electron chi connectivity index (χ1n) is 15.6. The molecule has 216 valence electrons. The first kappa shape index (κ1) is 29.7. The molecule has 0 radical (unpaired) electrons. The number of fused-ring (bicyclic) bond motifs is 6. The molecule has 0 amide bonds. The summed E-state index contributed by atoms with van der Waals surface area (Å²) in [6.07, 6.45) is 17.3. The molecule has 42 heavy (non-hydrogen) atoms. The number of hydrogen-bond acceptors (Lipinski definition) is 1. The van der Waals surface area contributed by atoms with Crippen molar-refractivity contribution in [1.29, 1.82) is 0 Å². The number of rotatable bonds is 7. The van der Waals surface area contributed by atoms with E-state index >= 15 is 0 Å². The fourth-order valence-corrected chi connectivity index (χ4v) is 7.19. The number of anilines is 1. The average Bonchev–Trinajstić information content (AvgIpc) is 3.31. The van der Waals surface area contributed by atoms with Gasteiger partial charge in [-0.2, -0.15) is 0 Å². The Morgan fingerprint density at radius 2 is 1.33 bits per heavy atom. The van der Waals surface area contributed by atoms with Gasteiger partial charge in [-0.1, -0.05) is 71.4 Å². The molecular weight excluding hydrogens is 506 g/mol. The molecule has 3 aromatic rings. The Hall–Kier alpha value is -3.80. The van der Waals surface area contributed by atoms with Crippen LogP contribution < -0.4 is 4.90 Å². The molecule has 0 heterocycles. The number of benzene rings is 3. The van der Waals surface area contributed by atoms with Gasteiger partial charge < -0.3 is 4.90 Å². The highest BCUT2D eigenvalue weighted by atomic mass is 15.1. The topological polar surface area (TPSA) is 3.24 Å². The van der Waals surface area contributed by atoms with Crippen LogP contribution in [0.15, 0.2) is 84.9 Å². The van der Waals surface area contributed by atoms with Gasteiger partial charge >= 0.3 is 0 Å². The summed E-state index contributed by atoms with van der Waals surface area (Å²) in [5.74, 6) is 0. The van der Waals surface area contributed by atoms with Crippen LogP contribution in [-0.2, 0) is 10.8 Å². The summed E-state index contributed by atoms with van der Waals surface area (Å²) in [7, 11) is 0. The molecule has 1 nitrogen and oxygen atoms in total. The minimum Gasteiger partial charge on any atom is -0.325 e. The summed E-state index contributed by atoms with van der Waals surface area (Å²) in [6.45, 7) is 22.6.